The quantitative estimate of drug-likeness (QED) is 0.739. The van der Waals surface area contributed by atoms with E-state index in [4.69, 9.17) is 9.47 Å². The third kappa shape index (κ3) is 3.80. The number of hydrogen-bond acceptors (Lipinski definition) is 3. The smallest absolute Gasteiger partial charge is 0.406 e. The Bertz CT molecular complexity index is 274. The van der Waals surface area contributed by atoms with Crippen LogP contribution < -0.4 is 10.1 Å². The number of hydrogen-bond donors (Lipinski definition) is 1. The van der Waals surface area contributed by atoms with Crippen LogP contribution in [0.3, 0.4) is 0 Å². The zero-order chi connectivity index (χ0) is 10.2. The average Bonchev–Trinajstić information content (AvgIpc) is 2.25. The fraction of sp³-hybridized carbons (Fsp3) is 0.300. The molecule has 0 aliphatic carbocycles. The first kappa shape index (κ1) is 10.4. The normalized spacial score (nSPS) is 9.21. The zero-order valence-electron chi connectivity index (χ0n) is 8.03. The maximum absolute atomic E-state index is 10.6. The summed E-state index contributed by atoms with van der Waals surface area (Å²) >= 11 is 0. The molecule has 14 heavy (non-hydrogen) atoms. The van der Waals surface area contributed by atoms with Crippen molar-refractivity contribution in [2.24, 2.45) is 0 Å². The van der Waals surface area contributed by atoms with Gasteiger partial charge in [-0.1, -0.05) is 18.2 Å². The van der Waals surface area contributed by atoms with Crippen LogP contribution in [-0.2, 0) is 4.74 Å². The van der Waals surface area contributed by atoms with Gasteiger partial charge in [-0.05, 0) is 12.1 Å². The summed E-state index contributed by atoms with van der Waals surface area (Å²) in [6.45, 7) is 0.603. The summed E-state index contributed by atoms with van der Waals surface area (Å²) in [5.41, 5.74) is 0. The fourth-order valence-electron chi connectivity index (χ4n) is 0.883. The fourth-order valence-corrected chi connectivity index (χ4v) is 0.883. The molecule has 0 aliphatic rings. The molecule has 0 radical (unpaired) electrons. The Morgan fingerprint density at radius 3 is 2.64 bits per heavy atom. The van der Waals surface area contributed by atoms with Gasteiger partial charge in [0, 0.05) is 7.05 Å². The topological polar surface area (TPSA) is 47.6 Å². The summed E-state index contributed by atoms with van der Waals surface area (Å²) in [6, 6.07) is 9.37. The van der Waals surface area contributed by atoms with Gasteiger partial charge in [-0.3, -0.25) is 0 Å². The number of carbonyl (C=O) groups excluding carboxylic acids is 1. The van der Waals surface area contributed by atoms with Crippen LogP contribution in [0.15, 0.2) is 30.3 Å². The van der Waals surface area contributed by atoms with Gasteiger partial charge >= 0.3 is 6.09 Å². The van der Waals surface area contributed by atoms with E-state index in [1.54, 1.807) is 0 Å². The number of para-hydroxylation sites is 1. The highest BCUT2D eigenvalue weighted by atomic mass is 16.6. The molecule has 1 N–H and O–H groups in total. The number of nitrogens with one attached hydrogen (secondary N) is 1. The first-order valence-corrected chi connectivity index (χ1v) is 4.35. The summed E-state index contributed by atoms with van der Waals surface area (Å²) in [6.07, 6.45) is -0.443. The summed E-state index contributed by atoms with van der Waals surface area (Å²) < 4.78 is 10.0. The Morgan fingerprint density at radius 2 is 2.00 bits per heavy atom. The first-order valence-electron chi connectivity index (χ1n) is 4.35. The van der Waals surface area contributed by atoms with E-state index in [1.165, 1.54) is 7.05 Å². The highest BCUT2D eigenvalue weighted by Crippen LogP contribution is 2.07. The minimum absolute atomic E-state index is 0.245. The van der Waals surface area contributed by atoms with Crippen molar-refractivity contribution in [1.82, 2.24) is 5.32 Å². The van der Waals surface area contributed by atoms with Gasteiger partial charge in [-0.25, -0.2) is 4.79 Å². The van der Waals surface area contributed by atoms with E-state index in [0.29, 0.717) is 6.61 Å². The molecule has 4 heteroatoms. The monoisotopic (exact) mass is 195 g/mol. The van der Waals surface area contributed by atoms with Crippen molar-refractivity contribution < 1.29 is 14.3 Å². The van der Waals surface area contributed by atoms with Crippen LogP contribution in [0.25, 0.3) is 0 Å². The van der Waals surface area contributed by atoms with E-state index in [2.05, 4.69) is 5.32 Å². The van der Waals surface area contributed by atoms with Crippen molar-refractivity contribution in [3.63, 3.8) is 0 Å². The SMILES string of the molecule is CNC(=O)OCCOc1ccccc1. The number of carbonyl (C=O) groups is 1. The number of rotatable bonds is 4. The van der Waals surface area contributed by atoms with Gasteiger partial charge in [0.15, 0.2) is 0 Å². The predicted octanol–water partition coefficient (Wildman–Crippen LogP) is 1.42. The summed E-state index contributed by atoms with van der Waals surface area (Å²) in [5.74, 6) is 0.771. The van der Waals surface area contributed by atoms with Gasteiger partial charge in [0.25, 0.3) is 0 Å². The molecule has 76 valence electrons. The largest absolute Gasteiger partial charge is 0.490 e. The number of amides is 1. The van der Waals surface area contributed by atoms with Gasteiger partial charge in [0.05, 0.1) is 0 Å². The molecular weight excluding hydrogens is 182 g/mol. The molecular formula is C10H13NO3. The van der Waals surface area contributed by atoms with E-state index in [-0.39, 0.29) is 6.61 Å². The van der Waals surface area contributed by atoms with Crippen LogP contribution in [0.2, 0.25) is 0 Å². The molecule has 0 saturated heterocycles. The molecule has 0 bridgehead atoms. The molecule has 1 aromatic carbocycles. The summed E-state index contributed by atoms with van der Waals surface area (Å²) in [7, 11) is 1.51. The van der Waals surface area contributed by atoms with Gasteiger partial charge in [0.2, 0.25) is 0 Å². The summed E-state index contributed by atoms with van der Waals surface area (Å²) in [4.78, 5) is 10.6. The van der Waals surface area contributed by atoms with Crippen molar-refractivity contribution in [1.29, 1.82) is 0 Å². The Balaban J connectivity index is 2.13. The Kier molecular flexibility index (Phi) is 4.34. The molecule has 1 amide bonds. The second-order valence-corrected chi connectivity index (χ2v) is 2.55. The number of ether oxygens (including phenoxy) is 2. The highest BCUT2D eigenvalue weighted by Gasteiger charge is 1.96. The van der Waals surface area contributed by atoms with Crippen LogP contribution >= 0.6 is 0 Å². The van der Waals surface area contributed by atoms with Crippen molar-refractivity contribution >= 4 is 6.09 Å². The van der Waals surface area contributed by atoms with E-state index in [9.17, 15) is 4.79 Å². The van der Waals surface area contributed by atoms with Gasteiger partial charge < -0.3 is 14.8 Å². The lowest BCUT2D eigenvalue weighted by molar-refractivity contribution is 0.127. The predicted molar refractivity (Wildman–Crippen MR) is 52.3 cm³/mol. The minimum atomic E-state index is -0.443. The van der Waals surface area contributed by atoms with Gasteiger partial charge in [-0.15, -0.1) is 0 Å². The van der Waals surface area contributed by atoms with Crippen molar-refractivity contribution in [3.8, 4) is 5.75 Å². The minimum Gasteiger partial charge on any atom is -0.490 e. The standard InChI is InChI=1S/C10H13NO3/c1-11-10(12)14-8-7-13-9-5-3-2-4-6-9/h2-6H,7-8H2,1H3,(H,11,12). The lowest BCUT2D eigenvalue weighted by Crippen LogP contribution is -2.21. The van der Waals surface area contributed by atoms with Crippen LogP contribution in [0, 0.1) is 0 Å². The third-order valence-electron chi connectivity index (χ3n) is 1.53. The molecule has 0 unspecified atom stereocenters. The van der Waals surface area contributed by atoms with Crippen molar-refractivity contribution in [2.75, 3.05) is 20.3 Å². The second-order valence-electron chi connectivity index (χ2n) is 2.55. The molecule has 0 aromatic heterocycles. The maximum Gasteiger partial charge on any atom is 0.406 e. The third-order valence-corrected chi connectivity index (χ3v) is 1.53. The molecule has 0 aliphatic heterocycles. The lowest BCUT2D eigenvalue weighted by atomic mass is 10.3. The van der Waals surface area contributed by atoms with E-state index < -0.39 is 6.09 Å². The molecule has 0 saturated carbocycles. The Morgan fingerprint density at radius 1 is 1.29 bits per heavy atom. The molecule has 0 spiro atoms. The molecule has 0 fully saturated rings. The van der Waals surface area contributed by atoms with Gasteiger partial charge in [0.1, 0.15) is 19.0 Å². The second kappa shape index (κ2) is 5.85. The molecule has 0 atom stereocenters. The summed E-state index contributed by atoms with van der Waals surface area (Å²) in [5, 5.41) is 2.35. The van der Waals surface area contributed by atoms with Crippen LogP contribution in [-0.4, -0.2) is 26.4 Å². The van der Waals surface area contributed by atoms with Crippen molar-refractivity contribution in [2.45, 2.75) is 0 Å². The van der Waals surface area contributed by atoms with Crippen molar-refractivity contribution in [3.05, 3.63) is 30.3 Å². The van der Waals surface area contributed by atoms with E-state index in [1.807, 2.05) is 30.3 Å². The Hall–Kier alpha value is -1.71. The van der Waals surface area contributed by atoms with Gasteiger partial charge in [-0.2, -0.15) is 0 Å². The van der Waals surface area contributed by atoms with E-state index >= 15 is 0 Å². The molecule has 1 aromatic rings. The number of benzene rings is 1. The Labute approximate surface area is 82.8 Å². The lowest BCUT2D eigenvalue weighted by Gasteiger charge is -2.06. The number of alkyl carbamates (subject to hydrolysis) is 1. The van der Waals surface area contributed by atoms with Crippen LogP contribution in [0.4, 0.5) is 4.79 Å². The van der Waals surface area contributed by atoms with Crippen LogP contribution in [0.5, 0.6) is 5.75 Å². The molecule has 0 heterocycles. The zero-order valence-corrected chi connectivity index (χ0v) is 8.03. The highest BCUT2D eigenvalue weighted by molar-refractivity contribution is 5.66. The maximum atomic E-state index is 10.6. The first-order chi connectivity index (χ1) is 6.83. The van der Waals surface area contributed by atoms with Crippen LogP contribution in [0.1, 0.15) is 0 Å². The molecule has 4 nitrogen and oxygen atoms in total. The molecule has 1 rings (SSSR count). The van der Waals surface area contributed by atoms with E-state index in [0.717, 1.165) is 5.75 Å². The average molecular weight is 195 g/mol.